The Balaban J connectivity index is 4.70. The largest absolute Gasteiger partial charge is 0.323 e. The molecule has 0 atom stereocenters. The molecule has 3 N–H and O–H groups in total. The van der Waals surface area contributed by atoms with Crippen LogP contribution in [-0.2, 0) is 0 Å². The summed E-state index contributed by atoms with van der Waals surface area (Å²) in [5.74, 6) is 4.93. The predicted octanol–water partition coefficient (Wildman–Crippen LogP) is 2.36. The maximum Gasteiger partial charge on any atom is 0.0465 e. The van der Waals surface area contributed by atoms with Crippen molar-refractivity contribution in [2.75, 3.05) is 0 Å². The molecule has 0 aliphatic heterocycles. The van der Waals surface area contributed by atoms with Gasteiger partial charge >= 0.3 is 0 Å². The van der Waals surface area contributed by atoms with Crippen molar-refractivity contribution in [1.29, 1.82) is 5.41 Å². The van der Waals surface area contributed by atoms with E-state index in [0.717, 1.165) is 0 Å². The second-order valence-corrected chi connectivity index (χ2v) is 2.66. The van der Waals surface area contributed by atoms with Crippen LogP contribution in [0.25, 0.3) is 0 Å². The van der Waals surface area contributed by atoms with E-state index in [2.05, 4.69) is 24.8 Å². The fourth-order valence-corrected chi connectivity index (χ4v) is 0.858. The molecule has 3 nitrogen and oxygen atoms in total. The van der Waals surface area contributed by atoms with Crippen LogP contribution >= 0.6 is 0 Å². The average molecular weight is 201 g/mol. The molecule has 15 heavy (non-hydrogen) atoms. The lowest BCUT2D eigenvalue weighted by Crippen LogP contribution is -1.91. The summed E-state index contributed by atoms with van der Waals surface area (Å²) in [4.78, 5) is 0. The number of rotatable bonds is 6. The zero-order valence-electron chi connectivity index (χ0n) is 8.61. The molecule has 0 radical (unpaired) electrons. The topological polar surface area (TPSA) is 62.2 Å². The van der Waals surface area contributed by atoms with Crippen LogP contribution in [0.2, 0.25) is 0 Å². The highest BCUT2D eigenvalue weighted by molar-refractivity contribution is 5.85. The van der Waals surface area contributed by atoms with Crippen LogP contribution < -0.4 is 5.84 Å². The Bertz CT molecular complexity index is 357. The van der Waals surface area contributed by atoms with Crippen molar-refractivity contribution in [3.8, 4) is 0 Å². The number of hydrogen-bond acceptors (Lipinski definition) is 3. The van der Waals surface area contributed by atoms with Crippen LogP contribution in [0.1, 0.15) is 0 Å². The van der Waals surface area contributed by atoms with Crippen molar-refractivity contribution in [3.05, 3.63) is 60.8 Å². The number of nitrogens with two attached hydrogens (primary N) is 1. The van der Waals surface area contributed by atoms with Gasteiger partial charge in [0.15, 0.2) is 0 Å². The molecule has 0 fully saturated rings. The van der Waals surface area contributed by atoms with Crippen LogP contribution in [0.5, 0.6) is 0 Å². The number of allylic oxidation sites excluding steroid dienone is 7. The molecule has 0 bridgehead atoms. The summed E-state index contributed by atoms with van der Waals surface area (Å²) in [7, 11) is 0. The number of hydrazone groups is 1. The van der Waals surface area contributed by atoms with E-state index >= 15 is 0 Å². The monoisotopic (exact) mass is 201 g/mol. The van der Waals surface area contributed by atoms with E-state index in [1.54, 1.807) is 24.3 Å². The number of hydrogen-bond donors (Lipinski definition) is 2. The normalized spacial score (nSPS) is 11.9. The molecule has 0 saturated carbocycles. The molecule has 0 amide bonds. The summed E-state index contributed by atoms with van der Waals surface area (Å²) in [6, 6.07) is 0. The Hall–Kier alpha value is -2.16. The first-order chi connectivity index (χ1) is 7.17. The summed E-state index contributed by atoms with van der Waals surface area (Å²) >= 11 is 0. The highest BCUT2D eigenvalue weighted by Crippen LogP contribution is 2.15. The first kappa shape index (κ1) is 12.8. The van der Waals surface area contributed by atoms with E-state index in [1.165, 1.54) is 12.4 Å². The Kier molecular flexibility index (Phi) is 6.22. The molecular formula is C12H15N3. The van der Waals surface area contributed by atoms with Crippen molar-refractivity contribution in [1.82, 2.24) is 0 Å². The quantitative estimate of drug-likeness (QED) is 0.294. The van der Waals surface area contributed by atoms with Gasteiger partial charge in [-0.25, -0.2) is 0 Å². The first-order valence-corrected chi connectivity index (χ1v) is 4.29. The van der Waals surface area contributed by atoms with Crippen molar-refractivity contribution in [2.24, 2.45) is 10.9 Å². The van der Waals surface area contributed by atoms with Crippen LogP contribution in [0.4, 0.5) is 0 Å². The fraction of sp³-hybridized carbons (Fsp3) is 0. The maximum atomic E-state index is 7.19. The summed E-state index contributed by atoms with van der Waals surface area (Å²) in [5.41, 5.74) is 2.04. The van der Waals surface area contributed by atoms with E-state index in [9.17, 15) is 0 Å². The van der Waals surface area contributed by atoms with Crippen LogP contribution in [0, 0.1) is 5.41 Å². The van der Waals surface area contributed by atoms with Crippen molar-refractivity contribution in [2.45, 2.75) is 0 Å². The Morgan fingerprint density at radius 3 is 2.47 bits per heavy atom. The van der Waals surface area contributed by atoms with Gasteiger partial charge in [-0.05, 0) is 22.8 Å². The third-order valence-electron chi connectivity index (χ3n) is 1.66. The van der Waals surface area contributed by atoms with Crippen molar-refractivity contribution >= 4 is 12.4 Å². The summed E-state index contributed by atoms with van der Waals surface area (Å²) in [5, 5.41) is 10.5. The molecule has 0 aliphatic carbocycles. The lowest BCUT2D eigenvalue weighted by Gasteiger charge is -2.04. The highest BCUT2D eigenvalue weighted by Gasteiger charge is 2.00. The molecule has 0 heterocycles. The number of nitrogens with zero attached hydrogens (tertiary/aromatic N) is 1. The minimum absolute atomic E-state index is 0.671. The van der Waals surface area contributed by atoms with E-state index in [-0.39, 0.29) is 0 Å². The van der Waals surface area contributed by atoms with Gasteiger partial charge in [0.25, 0.3) is 0 Å². The molecule has 0 aliphatic rings. The van der Waals surface area contributed by atoms with Gasteiger partial charge in [0.2, 0.25) is 0 Å². The van der Waals surface area contributed by atoms with Gasteiger partial charge in [0.1, 0.15) is 0 Å². The molecule has 3 heteroatoms. The van der Waals surface area contributed by atoms with E-state index < -0.39 is 0 Å². The van der Waals surface area contributed by atoms with E-state index in [4.69, 9.17) is 11.3 Å². The minimum Gasteiger partial charge on any atom is -0.323 e. The number of nitrogens with one attached hydrogen (secondary N) is 1. The minimum atomic E-state index is 0.671. The summed E-state index contributed by atoms with van der Waals surface area (Å²) < 4.78 is 0. The summed E-state index contributed by atoms with van der Waals surface area (Å²) in [6.07, 6.45) is 9.33. The second-order valence-electron chi connectivity index (χ2n) is 2.66. The Labute approximate surface area is 90.2 Å². The average Bonchev–Trinajstić information content (AvgIpc) is 2.25. The second kappa shape index (κ2) is 7.26. The van der Waals surface area contributed by atoms with Crippen LogP contribution in [-0.4, -0.2) is 12.4 Å². The molecule has 0 aromatic heterocycles. The lowest BCUT2D eigenvalue weighted by atomic mass is 10.0. The Morgan fingerprint density at radius 1 is 1.33 bits per heavy atom. The standard InChI is InChI=1S/C12H15N3/c1-4-6-12(9-13)11(3)10(2)7-5-8-15-14/h4-9,13H,1-3,14H2/b7-5-,12-6+,13-9?,15-8-. The Morgan fingerprint density at radius 2 is 2.00 bits per heavy atom. The van der Waals surface area contributed by atoms with Crippen molar-refractivity contribution in [3.63, 3.8) is 0 Å². The molecule has 0 rings (SSSR count). The summed E-state index contributed by atoms with van der Waals surface area (Å²) in [6.45, 7) is 11.2. The molecule has 0 aromatic rings. The fourth-order valence-electron chi connectivity index (χ4n) is 0.858. The van der Waals surface area contributed by atoms with Crippen LogP contribution in [0.3, 0.4) is 0 Å². The van der Waals surface area contributed by atoms with Gasteiger partial charge in [0.05, 0.1) is 0 Å². The van der Waals surface area contributed by atoms with Gasteiger partial charge in [-0.3, -0.25) is 0 Å². The van der Waals surface area contributed by atoms with Gasteiger partial charge in [0, 0.05) is 12.4 Å². The van der Waals surface area contributed by atoms with Gasteiger partial charge in [-0.1, -0.05) is 38.0 Å². The molecule has 0 unspecified atom stereocenters. The van der Waals surface area contributed by atoms with Gasteiger partial charge in [-0.2, -0.15) is 5.10 Å². The first-order valence-electron chi connectivity index (χ1n) is 4.29. The zero-order valence-corrected chi connectivity index (χ0v) is 8.61. The third kappa shape index (κ3) is 4.57. The zero-order chi connectivity index (χ0) is 11.7. The van der Waals surface area contributed by atoms with Crippen LogP contribution in [0.15, 0.2) is 65.9 Å². The molecular weight excluding hydrogens is 186 g/mol. The highest BCUT2D eigenvalue weighted by atomic mass is 15.1. The van der Waals surface area contributed by atoms with E-state index in [0.29, 0.717) is 16.7 Å². The third-order valence-corrected chi connectivity index (χ3v) is 1.66. The van der Waals surface area contributed by atoms with Gasteiger partial charge in [-0.15, -0.1) is 0 Å². The maximum absolute atomic E-state index is 7.19. The molecule has 0 spiro atoms. The SMILES string of the molecule is C=C/C=C(\C=N)C(=C)C(=C)/C=C\C=N/N. The van der Waals surface area contributed by atoms with Crippen molar-refractivity contribution < 1.29 is 0 Å². The molecule has 78 valence electrons. The molecule has 0 aromatic carbocycles. The lowest BCUT2D eigenvalue weighted by molar-refractivity contribution is 1.27. The van der Waals surface area contributed by atoms with E-state index in [1.807, 2.05) is 0 Å². The predicted molar refractivity (Wildman–Crippen MR) is 67.2 cm³/mol. The molecule has 0 saturated heterocycles. The smallest absolute Gasteiger partial charge is 0.0465 e. The van der Waals surface area contributed by atoms with Gasteiger partial charge < -0.3 is 11.3 Å².